The second kappa shape index (κ2) is 7.81. The maximum Gasteiger partial charge on any atom is 0.255 e. The number of amides is 2. The summed E-state index contributed by atoms with van der Waals surface area (Å²) in [5.74, 6) is 0.236. The third kappa shape index (κ3) is 4.96. The van der Waals surface area contributed by atoms with Crippen LogP contribution in [0.3, 0.4) is 0 Å². The molecule has 1 aliphatic heterocycles. The summed E-state index contributed by atoms with van der Waals surface area (Å²) in [5.41, 5.74) is 0.262. The van der Waals surface area contributed by atoms with Crippen molar-refractivity contribution in [3.8, 4) is 5.75 Å². The highest BCUT2D eigenvalue weighted by Gasteiger charge is 2.25. The Kier molecular flexibility index (Phi) is 6.04. The van der Waals surface area contributed by atoms with Gasteiger partial charge >= 0.3 is 0 Å². The first-order valence-corrected chi connectivity index (χ1v) is 8.73. The molecule has 1 heterocycles. The first-order valence-electron chi connectivity index (χ1n) is 7.94. The molecule has 0 aliphatic carbocycles. The van der Waals surface area contributed by atoms with Gasteiger partial charge < -0.3 is 15.3 Å². The van der Waals surface area contributed by atoms with Gasteiger partial charge in [-0.25, -0.2) is 0 Å². The van der Waals surface area contributed by atoms with E-state index in [1.165, 1.54) is 6.07 Å². The molecule has 0 saturated carbocycles. The van der Waals surface area contributed by atoms with Gasteiger partial charge in [-0.2, -0.15) is 0 Å². The fraction of sp³-hybridized carbons (Fsp3) is 0.529. The van der Waals surface area contributed by atoms with Crippen molar-refractivity contribution in [2.24, 2.45) is 5.92 Å². The fourth-order valence-electron chi connectivity index (χ4n) is 2.70. The van der Waals surface area contributed by atoms with Crippen LogP contribution in [0.1, 0.15) is 43.5 Å². The highest BCUT2D eigenvalue weighted by molar-refractivity contribution is 9.10. The van der Waals surface area contributed by atoms with Gasteiger partial charge in [0.25, 0.3) is 5.91 Å². The normalized spacial score (nSPS) is 15.7. The number of carbonyl (C=O) groups is 2. The molecule has 2 rings (SSSR count). The van der Waals surface area contributed by atoms with Gasteiger partial charge in [-0.3, -0.25) is 9.59 Å². The van der Waals surface area contributed by atoms with Gasteiger partial charge in [0.05, 0.1) is 5.56 Å². The summed E-state index contributed by atoms with van der Waals surface area (Å²) in [7, 11) is 0. The molecule has 5 nitrogen and oxygen atoms in total. The van der Waals surface area contributed by atoms with E-state index < -0.39 is 0 Å². The van der Waals surface area contributed by atoms with Gasteiger partial charge in [0.2, 0.25) is 5.91 Å². The van der Waals surface area contributed by atoms with Crippen molar-refractivity contribution in [3.05, 3.63) is 28.2 Å². The lowest BCUT2D eigenvalue weighted by atomic mass is 10.0. The first-order chi connectivity index (χ1) is 10.9. The topological polar surface area (TPSA) is 69.6 Å². The Balaban J connectivity index is 1.88. The molecular formula is C17H23BrN2O3. The number of rotatable bonds is 4. The van der Waals surface area contributed by atoms with Crippen LogP contribution in [0.5, 0.6) is 5.75 Å². The summed E-state index contributed by atoms with van der Waals surface area (Å²) in [4.78, 5) is 26.2. The van der Waals surface area contributed by atoms with Gasteiger partial charge in [0.1, 0.15) is 5.75 Å². The quantitative estimate of drug-likeness (QED) is 0.840. The fourth-order valence-corrected chi connectivity index (χ4v) is 3.07. The molecule has 1 aromatic rings. The third-order valence-electron chi connectivity index (χ3n) is 3.97. The van der Waals surface area contributed by atoms with Crippen molar-refractivity contribution < 1.29 is 14.7 Å². The molecule has 0 bridgehead atoms. The van der Waals surface area contributed by atoms with E-state index in [9.17, 15) is 14.7 Å². The van der Waals surface area contributed by atoms with Crippen LogP contribution in [-0.2, 0) is 4.79 Å². The first kappa shape index (κ1) is 17.8. The predicted octanol–water partition coefficient (Wildman–Crippen LogP) is 2.92. The molecule has 1 aliphatic rings. The third-order valence-corrected chi connectivity index (χ3v) is 4.46. The molecule has 0 aromatic heterocycles. The van der Waals surface area contributed by atoms with Crippen LogP contribution in [0, 0.1) is 5.92 Å². The number of piperidine rings is 1. The molecular weight excluding hydrogens is 360 g/mol. The zero-order chi connectivity index (χ0) is 17.0. The molecule has 1 fully saturated rings. The second-order valence-corrected chi connectivity index (χ2v) is 7.30. The van der Waals surface area contributed by atoms with Crippen LogP contribution in [-0.4, -0.2) is 41.0 Å². The van der Waals surface area contributed by atoms with Gasteiger partial charge in [-0.05, 0) is 37.0 Å². The van der Waals surface area contributed by atoms with Crippen molar-refractivity contribution in [1.29, 1.82) is 0 Å². The minimum Gasteiger partial charge on any atom is -0.507 e. The largest absolute Gasteiger partial charge is 0.507 e. The van der Waals surface area contributed by atoms with E-state index in [0.717, 1.165) is 17.3 Å². The molecule has 6 heteroatoms. The maximum absolute atomic E-state index is 12.3. The van der Waals surface area contributed by atoms with Crippen molar-refractivity contribution in [3.63, 3.8) is 0 Å². The van der Waals surface area contributed by atoms with E-state index in [1.54, 1.807) is 12.1 Å². The van der Waals surface area contributed by atoms with Crippen LogP contribution < -0.4 is 5.32 Å². The monoisotopic (exact) mass is 382 g/mol. The van der Waals surface area contributed by atoms with Crippen molar-refractivity contribution in [2.75, 3.05) is 13.1 Å². The smallest absolute Gasteiger partial charge is 0.255 e. The maximum atomic E-state index is 12.3. The number of nitrogens with zero attached hydrogens (tertiary/aromatic N) is 1. The average molecular weight is 383 g/mol. The molecule has 0 unspecified atom stereocenters. The summed E-state index contributed by atoms with van der Waals surface area (Å²) in [6.07, 6.45) is 2.05. The minimum absolute atomic E-state index is 0.0315. The summed E-state index contributed by atoms with van der Waals surface area (Å²) >= 11 is 3.30. The Morgan fingerprint density at radius 3 is 2.61 bits per heavy atom. The minimum atomic E-state index is -0.282. The van der Waals surface area contributed by atoms with Gasteiger partial charge in [-0.15, -0.1) is 0 Å². The molecule has 2 N–H and O–H groups in total. The number of phenolic OH excluding ortho intramolecular Hbond substituents is 1. The van der Waals surface area contributed by atoms with E-state index >= 15 is 0 Å². The Bertz CT molecular complexity index is 581. The Hall–Kier alpha value is -1.56. The van der Waals surface area contributed by atoms with E-state index in [2.05, 4.69) is 21.2 Å². The predicted molar refractivity (Wildman–Crippen MR) is 92.3 cm³/mol. The Morgan fingerprint density at radius 1 is 1.35 bits per heavy atom. The number of carbonyl (C=O) groups excluding carboxylic acids is 2. The zero-order valence-corrected chi connectivity index (χ0v) is 15.1. The number of benzene rings is 1. The van der Waals surface area contributed by atoms with E-state index in [1.807, 2.05) is 18.7 Å². The lowest BCUT2D eigenvalue weighted by Crippen LogP contribution is -2.46. The lowest BCUT2D eigenvalue weighted by molar-refractivity contribution is -0.133. The summed E-state index contributed by atoms with van der Waals surface area (Å²) in [6, 6.07) is 4.81. The highest BCUT2D eigenvalue weighted by atomic mass is 79.9. The standard InChI is InChI=1S/C17H23BrN2O3/c1-11(2)9-16(22)20-7-5-13(6-8-20)19-17(23)14-10-12(18)3-4-15(14)21/h3-4,10-11,13,21H,5-9H2,1-2H3,(H,19,23). The molecule has 1 saturated heterocycles. The van der Waals surface area contributed by atoms with Gasteiger partial charge in [0.15, 0.2) is 0 Å². The Morgan fingerprint density at radius 2 is 2.00 bits per heavy atom. The molecule has 126 valence electrons. The molecule has 23 heavy (non-hydrogen) atoms. The van der Waals surface area contributed by atoms with Gasteiger partial charge in [-0.1, -0.05) is 29.8 Å². The average Bonchev–Trinajstić information content (AvgIpc) is 2.49. The van der Waals surface area contributed by atoms with Crippen LogP contribution in [0.15, 0.2) is 22.7 Å². The van der Waals surface area contributed by atoms with Crippen LogP contribution >= 0.6 is 15.9 Å². The summed E-state index contributed by atoms with van der Waals surface area (Å²) in [5, 5.41) is 12.7. The SMILES string of the molecule is CC(C)CC(=O)N1CCC(NC(=O)c2cc(Br)ccc2O)CC1. The number of aromatic hydroxyl groups is 1. The summed E-state index contributed by atoms with van der Waals surface area (Å²) < 4.78 is 0.745. The molecule has 2 amide bonds. The van der Waals surface area contributed by atoms with Crippen LogP contribution in [0.25, 0.3) is 0 Å². The number of nitrogens with one attached hydrogen (secondary N) is 1. The number of phenols is 1. The molecule has 0 radical (unpaired) electrons. The molecule has 0 atom stereocenters. The lowest BCUT2D eigenvalue weighted by Gasteiger charge is -2.33. The van der Waals surface area contributed by atoms with E-state index in [4.69, 9.17) is 0 Å². The number of hydrogen-bond acceptors (Lipinski definition) is 3. The summed E-state index contributed by atoms with van der Waals surface area (Å²) in [6.45, 7) is 5.41. The highest BCUT2D eigenvalue weighted by Crippen LogP contribution is 2.22. The Labute approximate surface area is 145 Å². The van der Waals surface area contributed by atoms with E-state index in [0.29, 0.717) is 25.4 Å². The molecule has 0 spiro atoms. The van der Waals surface area contributed by atoms with Crippen molar-refractivity contribution in [2.45, 2.75) is 39.2 Å². The second-order valence-electron chi connectivity index (χ2n) is 6.39. The number of halogens is 1. The number of hydrogen-bond donors (Lipinski definition) is 2. The van der Waals surface area contributed by atoms with Crippen LogP contribution in [0.2, 0.25) is 0 Å². The number of likely N-dealkylation sites (tertiary alicyclic amines) is 1. The molecule has 1 aromatic carbocycles. The van der Waals surface area contributed by atoms with E-state index in [-0.39, 0.29) is 29.2 Å². The van der Waals surface area contributed by atoms with Crippen molar-refractivity contribution >= 4 is 27.7 Å². The zero-order valence-electron chi connectivity index (χ0n) is 13.5. The van der Waals surface area contributed by atoms with Gasteiger partial charge in [0, 0.05) is 30.0 Å². The van der Waals surface area contributed by atoms with Crippen molar-refractivity contribution in [1.82, 2.24) is 10.2 Å². The van der Waals surface area contributed by atoms with Crippen LogP contribution in [0.4, 0.5) is 0 Å².